The van der Waals surface area contributed by atoms with Gasteiger partial charge in [0.1, 0.15) is 11.5 Å². The van der Waals surface area contributed by atoms with E-state index in [0.717, 1.165) is 11.3 Å². The molecule has 0 atom stereocenters. The van der Waals surface area contributed by atoms with Crippen molar-refractivity contribution in [3.63, 3.8) is 0 Å². The monoisotopic (exact) mass is 333 g/mol. The number of morpholine rings is 1. The average Bonchev–Trinajstić information content (AvgIpc) is 2.58. The number of sulfonamides is 1. The van der Waals surface area contributed by atoms with Crippen molar-refractivity contribution in [1.82, 2.24) is 4.31 Å². The highest BCUT2D eigenvalue weighted by atomic mass is 32.2. The second-order valence-electron chi connectivity index (χ2n) is 5.36. The molecule has 0 amide bonds. The van der Waals surface area contributed by atoms with Crippen LogP contribution >= 0.6 is 0 Å². The Kier molecular flexibility index (Phi) is 4.66. The fourth-order valence-electron chi connectivity index (χ4n) is 2.41. The van der Waals surface area contributed by atoms with Crippen molar-refractivity contribution in [2.75, 3.05) is 26.3 Å². The Balaban J connectivity index is 1.78. The van der Waals surface area contributed by atoms with E-state index in [0.29, 0.717) is 32.1 Å². The molecule has 0 spiro atoms. The Morgan fingerprint density at radius 2 is 1.65 bits per heavy atom. The smallest absolute Gasteiger partial charge is 0.243 e. The van der Waals surface area contributed by atoms with Gasteiger partial charge in [0.2, 0.25) is 10.0 Å². The number of benzene rings is 2. The Labute approximate surface area is 136 Å². The molecule has 1 aliphatic rings. The van der Waals surface area contributed by atoms with Crippen molar-refractivity contribution in [2.45, 2.75) is 11.8 Å². The molecule has 0 saturated carbocycles. The molecule has 1 heterocycles. The molecule has 6 heteroatoms. The van der Waals surface area contributed by atoms with Gasteiger partial charge in [-0.25, -0.2) is 8.42 Å². The van der Waals surface area contributed by atoms with Gasteiger partial charge < -0.3 is 9.47 Å². The number of hydrogen-bond acceptors (Lipinski definition) is 4. The van der Waals surface area contributed by atoms with E-state index in [1.54, 1.807) is 24.3 Å². The quantitative estimate of drug-likeness (QED) is 0.863. The van der Waals surface area contributed by atoms with Crippen LogP contribution in [0.3, 0.4) is 0 Å². The molecule has 122 valence electrons. The van der Waals surface area contributed by atoms with Crippen LogP contribution in [0.25, 0.3) is 0 Å². The molecule has 23 heavy (non-hydrogen) atoms. The molecule has 2 aromatic rings. The molecular formula is C17H19NO4S. The third-order valence-corrected chi connectivity index (χ3v) is 5.67. The van der Waals surface area contributed by atoms with Crippen LogP contribution in [0.2, 0.25) is 0 Å². The molecule has 1 fully saturated rings. The van der Waals surface area contributed by atoms with Crippen LogP contribution in [-0.4, -0.2) is 39.0 Å². The number of ether oxygens (including phenoxy) is 2. The average molecular weight is 333 g/mol. The van der Waals surface area contributed by atoms with E-state index in [9.17, 15) is 8.42 Å². The van der Waals surface area contributed by atoms with Crippen molar-refractivity contribution in [1.29, 1.82) is 0 Å². The van der Waals surface area contributed by atoms with Gasteiger partial charge in [0.25, 0.3) is 0 Å². The Hall–Kier alpha value is -1.89. The molecule has 0 N–H and O–H groups in total. The zero-order chi connectivity index (χ0) is 16.3. The second-order valence-corrected chi connectivity index (χ2v) is 7.29. The third-order valence-electron chi connectivity index (χ3n) is 3.75. The highest BCUT2D eigenvalue weighted by molar-refractivity contribution is 7.89. The van der Waals surface area contributed by atoms with Gasteiger partial charge in [0, 0.05) is 13.1 Å². The summed E-state index contributed by atoms with van der Waals surface area (Å²) in [5.41, 5.74) is 1.03. The van der Waals surface area contributed by atoms with Crippen molar-refractivity contribution in [2.24, 2.45) is 0 Å². The maximum absolute atomic E-state index is 12.5. The molecular weight excluding hydrogens is 314 g/mol. The van der Waals surface area contributed by atoms with Crippen molar-refractivity contribution in [3.05, 3.63) is 54.1 Å². The standard InChI is InChI=1S/C17H19NO4S/c1-14-4-2-3-5-17(14)22-15-6-8-16(9-7-15)23(19,20)18-10-12-21-13-11-18/h2-9H,10-13H2,1H3. The summed E-state index contributed by atoms with van der Waals surface area (Å²) in [5.74, 6) is 1.37. The Morgan fingerprint density at radius 3 is 2.30 bits per heavy atom. The molecule has 1 aliphatic heterocycles. The van der Waals surface area contributed by atoms with E-state index in [1.165, 1.54) is 4.31 Å². The van der Waals surface area contributed by atoms with Gasteiger partial charge in [-0.1, -0.05) is 18.2 Å². The number of nitrogens with zero attached hydrogens (tertiary/aromatic N) is 1. The van der Waals surface area contributed by atoms with Crippen molar-refractivity contribution < 1.29 is 17.9 Å². The van der Waals surface area contributed by atoms with E-state index >= 15 is 0 Å². The lowest BCUT2D eigenvalue weighted by molar-refractivity contribution is 0.0730. The Bertz CT molecular complexity index is 765. The van der Waals surface area contributed by atoms with Gasteiger partial charge in [-0.3, -0.25) is 0 Å². The number of hydrogen-bond donors (Lipinski definition) is 0. The van der Waals surface area contributed by atoms with E-state index in [-0.39, 0.29) is 4.90 Å². The summed E-state index contributed by atoms with van der Waals surface area (Å²) >= 11 is 0. The van der Waals surface area contributed by atoms with E-state index < -0.39 is 10.0 Å². The van der Waals surface area contributed by atoms with Gasteiger partial charge in [0.15, 0.2) is 0 Å². The lowest BCUT2D eigenvalue weighted by Crippen LogP contribution is -2.40. The summed E-state index contributed by atoms with van der Waals surface area (Å²) in [6.07, 6.45) is 0. The fraction of sp³-hybridized carbons (Fsp3) is 0.294. The van der Waals surface area contributed by atoms with E-state index in [2.05, 4.69) is 0 Å². The Morgan fingerprint density at radius 1 is 1.00 bits per heavy atom. The first-order valence-corrected chi connectivity index (χ1v) is 8.93. The van der Waals surface area contributed by atoms with E-state index in [1.807, 2.05) is 31.2 Å². The largest absolute Gasteiger partial charge is 0.457 e. The van der Waals surface area contributed by atoms with Gasteiger partial charge in [-0.2, -0.15) is 4.31 Å². The van der Waals surface area contributed by atoms with Crippen LogP contribution in [-0.2, 0) is 14.8 Å². The summed E-state index contributed by atoms with van der Waals surface area (Å²) < 4.78 is 37.5. The summed E-state index contributed by atoms with van der Waals surface area (Å²) in [7, 11) is -3.46. The molecule has 2 aromatic carbocycles. The summed E-state index contributed by atoms with van der Waals surface area (Å²) in [6, 6.07) is 14.2. The lowest BCUT2D eigenvalue weighted by atomic mass is 10.2. The summed E-state index contributed by atoms with van der Waals surface area (Å²) in [4.78, 5) is 0.275. The summed E-state index contributed by atoms with van der Waals surface area (Å²) in [6.45, 7) is 3.63. The third kappa shape index (κ3) is 3.55. The predicted molar refractivity (Wildman–Crippen MR) is 87.3 cm³/mol. The van der Waals surface area contributed by atoms with Crippen LogP contribution in [0.5, 0.6) is 11.5 Å². The minimum atomic E-state index is -3.46. The molecule has 5 nitrogen and oxygen atoms in total. The zero-order valence-electron chi connectivity index (χ0n) is 12.9. The SMILES string of the molecule is Cc1ccccc1Oc1ccc(S(=O)(=O)N2CCOCC2)cc1. The van der Waals surface area contributed by atoms with Crippen LogP contribution in [0.15, 0.2) is 53.4 Å². The number of aryl methyl sites for hydroxylation is 1. The van der Waals surface area contributed by atoms with Crippen molar-refractivity contribution in [3.8, 4) is 11.5 Å². The highest BCUT2D eigenvalue weighted by Gasteiger charge is 2.26. The first-order chi connectivity index (χ1) is 11.1. The highest BCUT2D eigenvalue weighted by Crippen LogP contribution is 2.26. The molecule has 0 radical (unpaired) electrons. The van der Waals surface area contributed by atoms with Gasteiger partial charge in [0.05, 0.1) is 18.1 Å². The topological polar surface area (TPSA) is 55.8 Å². The number of rotatable bonds is 4. The minimum Gasteiger partial charge on any atom is -0.457 e. The van der Waals surface area contributed by atoms with Crippen LogP contribution in [0.4, 0.5) is 0 Å². The minimum absolute atomic E-state index is 0.275. The zero-order valence-corrected chi connectivity index (χ0v) is 13.8. The molecule has 0 unspecified atom stereocenters. The lowest BCUT2D eigenvalue weighted by Gasteiger charge is -2.26. The van der Waals surface area contributed by atoms with Crippen molar-refractivity contribution >= 4 is 10.0 Å². The maximum atomic E-state index is 12.5. The summed E-state index contributed by atoms with van der Waals surface area (Å²) in [5, 5.41) is 0. The molecule has 0 aromatic heterocycles. The molecule has 0 aliphatic carbocycles. The van der Waals surface area contributed by atoms with Gasteiger partial charge in [-0.05, 0) is 42.8 Å². The second kappa shape index (κ2) is 6.70. The molecule has 1 saturated heterocycles. The number of para-hydroxylation sites is 1. The van der Waals surface area contributed by atoms with Crippen LogP contribution in [0.1, 0.15) is 5.56 Å². The van der Waals surface area contributed by atoms with Crippen LogP contribution in [0, 0.1) is 6.92 Å². The predicted octanol–water partition coefficient (Wildman–Crippen LogP) is 2.81. The molecule has 3 rings (SSSR count). The first-order valence-electron chi connectivity index (χ1n) is 7.49. The normalized spacial score (nSPS) is 16.2. The maximum Gasteiger partial charge on any atom is 0.243 e. The first kappa shape index (κ1) is 16.0. The fourth-order valence-corrected chi connectivity index (χ4v) is 3.82. The van der Waals surface area contributed by atoms with Gasteiger partial charge in [-0.15, -0.1) is 0 Å². The molecule has 0 bridgehead atoms. The van der Waals surface area contributed by atoms with E-state index in [4.69, 9.17) is 9.47 Å². The van der Waals surface area contributed by atoms with Gasteiger partial charge >= 0.3 is 0 Å². The van der Waals surface area contributed by atoms with Crippen LogP contribution < -0.4 is 4.74 Å².